The normalized spacial score (nSPS) is 17.4. The summed E-state index contributed by atoms with van der Waals surface area (Å²) in [7, 11) is 0. The van der Waals surface area contributed by atoms with E-state index in [2.05, 4.69) is 36.6 Å². The van der Waals surface area contributed by atoms with Crippen LogP contribution in [0.1, 0.15) is 57.4 Å². The minimum absolute atomic E-state index is 0.143. The molecule has 1 atom stereocenters. The van der Waals surface area contributed by atoms with Gasteiger partial charge in [0.2, 0.25) is 5.91 Å². The molecule has 3 nitrogen and oxygen atoms in total. The number of carbonyl (C=O) groups excluding carboxylic acids is 1. The second-order valence-electron chi connectivity index (χ2n) is 6.21. The lowest BCUT2D eigenvalue weighted by atomic mass is 9.93. The van der Waals surface area contributed by atoms with Crippen molar-refractivity contribution in [2.75, 3.05) is 18.4 Å². The van der Waals surface area contributed by atoms with E-state index in [1.807, 2.05) is 12.1 Å². The zero-order valence-corrected chi connectivity index (χ0v) is 13.3. The van der Waals surface area contributed by atoms with Gasteiger partial charge in [-0.1, -0.05) is 26.0 Å². The first-order valence-electron chi connectivity index (χ1n) is 8.29. The second kappa shape index (κ2) is 8.18. The van der Waals surface area contributed by atoms with E-state index in [0.717, 1.165) is 31.6 Å². The molecular formula is C18H28N2O. The van der Waals surface area contributed by atoms with Gasteiger partial charge in [0.25, 0.3) is 0 Å². The first kappa shape index (κ1) is 16.0. The van der Waals surface area contributed by atoms with Gasteiger partial charge in [0.1, 0.15) is 0 Å². The highest BCUT2D eigenvalue weighted by molar-refractivity contribution is 5.90. The van der Waals surface area contributed by atoms with Crippen molar-refractivity contribution in [2.45, 2.75) is 51.9 Å². The monoisotopic (exact) mass is 288 g/mol. The van der Waals surface area contributed by atoms with E-state index < -0.39 is 0 Å². The molecule has 0 saturated carbocycles. The standard InChI is InChI=1S/C18H28N2O/c1-3-14(2)16-5-7-17(8-6-16)20-18(21)9-4-15-10-12-19-13-11-15/h5-8,14-15,19H,3-4,9-13H2,1-2H3,(H,20,21). The Morgan fingerprint density at radius 3 is 2.57 bits per heavy atom. The quantitative estimate of drug-likeness (QED) is 0.833. The van der Waals surface area contributed by atoms with Crippen molar-refractivity contribution in [2.24, 2.45) is 5.92 Å². The van der Waals surface area contributed by atoms with Crippen molar-refractivity contribution < 1.29 is 4.79 Å². The topological polar surface area (TPSA) is 41.1 Å². The predicted molar refractivity (Wildman–Crippen MR) is 88.6 cm³/mol. The summed E-state index contributed by atoms with van der Waals surface area (Å²) < 4.78 is 0. The SMILES string of the molecule is CCC(C)c1ccc(NC(=O)CCC2CCNCC2)cc1. The molecule has 1 unspecified atom stereocenters. The van der Waals surface area contributed by atoms with Gasteiger partial charge in [-0.15, -0.1) is 0 Å². The Morgan fingerprint density at radius 2 is 1.95 bits per heavy atom. The van der Waals surface area contributed by atoms with Crippen LogP contribution < -0.4 is 10.6 Å². The highest BCUT2D eigenvalue weighted by atomic mass is 16.1. The Balaban J connectivity index is 1.76. The Kier molecular flexibility index (Phi) is 6.24. The molecule has 2 rings (SSSR count). The van der Waals surface area contributed by atoms with Crippen LogP contribution in [-0.2, 0) is 4.79 Å². The van der Waals surface area contributed by atoms with Gasteiger partial charge in [0, 0.05) is 12.1 Å². The maximum absolute atomic E-state index is 12.0. The summed E-state index contributed by atoms with van der Waals surface area (Å²) in [5.41, 5.74) is 2.25. The van der Waals surface area contributed by atoms with Crippen molar-refractivity contribution in [3.63, 3.8) is 0 Å². The van der Waals surface area contributed by atoms with Crippen LogP contribution in [-0.4, -0.2) is 19.0 Å². The molecule has 1 heterocycles. The third-order valence-electron chi connectivity index (χ3n) is 4.61. The largest absolute Gasteiger partial charge is 0.326 e. The summed E-state index contributed by atoms with van der Waals surface area (Å²) in [6.45, 7) is 6.63. The smallest absolute Gasteiger partial charge is 0.224 e. The van der Waals surface area contributed by atoms with E-state index in [9.17, 15) is 4.79 Å². The highest BCUT2D eigenvalue weighted by Gasteiger charge is 2.14. The molecule has 116 valence electrons. The van der Waals surface area contributed by atoms with E-state index >= 15 is 0 Å². The number of piperidine rings is 1. The van der Waals surface area contributed by atoms with Gasteiger partial charge in [-0.2, -0.15) is 0 Å². The highest BCUT2D eigenvalue weighted by Crippen LogP contribution is 2.21. The van der Waals surface area contributed by atoms with Crippen molar-refractivity contribution in [1.82, 2.24) is 5.32 Å². The lowest BCUT2D eigenvalue weighted by molar-refractivity contribution is -0.116. The lowest BCUT2D eigenvalue weighted by Crippen LogP contribution is -2.28. The Morgan fingerprint density at radius 1 is 1.29 bits per heavy atom. The molecule has 0 aliphatic carbocycles. The summed E-state index contributed by atoms with van der Waals surface area (Å²) in [6, 6.07) is 8.28. The molecule has 3 heteroatoms. The molecule has 1 aromatic carbocycles. The van der Waals surface area contributed by atoms with Crippen LogP contribution in [0.25, 0.3) is 0 Å². The third-order valence-corrected chi connectivity index (χ3v) is 4.61. The van der Waals surface area contributed by atoms with Crippen LogP contribution in [0.2, 0.25) is 0 Å². The molecule has 1 fully saturated rings. The third kappa shape index (κ3) is 5.16. The molecule has 1 saturated heterocycles. The van der Waals surface area contributed by atoms with Gasteiger partial charge in [0.15, 0.2) is 0 Å². The van der Waals surface area contributed by atoms with E-state index in [0.29, 0.717) is 18.3 Å². The van der Waals surface area contributed by atoms with Crippen LogP contribution in [0.15, 0.2) is 24.3 Å². The number of hydrogen-bond donors (Lipinski definition) is 2. The van der Waals surface area contributed by atoms with Crippen LogP contribution in [0.5, 0.6) is 0 Å². The summed E-state index contributed by atoms with van der Waals surface area (Å²) in [5.74, 6) is 1.43. The van der Waals surface area contributed by atoms with Crippen molar-refractivity contribution in [1.29, 1.82) is 0 Å². The molecule has 0 radical (unpaired) electrons. The van der Waals surface area contributed by atoms with E-state index in [4.69, 9.17) is 0 Å². The molecule has 1 aliphatic heterocycles. The van der Waals surface area contributed by atoms with E-state index in [-0.39, 0.29) is 5.91 Å². The summed E-state index contributed by atoms with van der Waals surface area (Å²) in [4.78, 5) is 12.0. The van der Waals surface area contributed by atoms with E-state index in [1.54, 1.807) is 0 Å². The number of rotatable bonds is 6. The maximum Gasteiger partial charge on any atom is 0.224 e. The van der Waals surface area contributed by atoms with Gasteiger partial charge < -0.3 is 10.6 Å². The van der Waals surface area contributed by atoms with Crippen molar-refractivity contribution >= 4 is 11.6 Å². The van der Waals surface area contributed by atoms with Crippen LogP contribution in [0.3, 0.4) is 0 Å². The molecule has 1 aromatic rings. The first-order chi connectivity index (χ1) is 10.2. The minimum atomic E-state index is 0.143. The fraction of sp³-hybridized carbons (Fsp3) is 0.611. The zero-order chi connectivity index (χ0) is 15.1. The fourth-order valence-electron chi connectivity index (χ4n) is 2.86. The molecule has 0 bridgehead atoms. The van der Waals surface area contributed by atoms with Gasteiger partial charge >= 0.3 is 0 Å². The lowest BCUT2D eigenvalue weighted by Gasteiger charge is -2.22. The average Bonchev–Trinajstić information content (AvgIpc) is 2.54. The Bertz CT molecular complexity index is 435. The van der Waals surface area contributed by atoms with Crippen LogP contribution in [0, 0.1) is 5.92 Å². The molecule has 1 aliphatic rings. The Labute approximate surface area is 128 Å². The minimum Gasteiger partial charge on any atom is -0.326 e. The van der Waals surface area contributed by atoms with Crippen molar-refractivity contribution in [3.05, 3.63) is 29.8 Å². The number of hydrogen-bond acceptors (Lipinski definition) is 2. The summed E-state index contributed by atoms with van der Waals surface area (Å²) in [5, 5.41) is 6.37. The summed E-state index contributed by atoms with van der Waals surface area (Å²) >= 11 is 0. The number of benzene rings is 1. The van der Waals surface area contributed by atoms with Gasteiger partial charge in [-0.3, -0.25) is 4.79 Å². The predicted octanol–water partition coefficient (Wildman–Crippen LogP) is 3.92. The molecular weight excluding hydrogens is 260 g/mol. The zero-order valence-electron chi connectivity index (χ0n) is 13.3. The van der Waals surface area contributed by atoms with Crippen LogP contribution >= 0.6 is 0 Å². The van der Waals surface area contributed by atoms with Gasteiger partial charge in [-0.05, 0) is 68.3 Å². The van der Waals surface area contributed by atoms with Gasteiger partial charge in [-0.25, -0.2) is 0 Å². The first-order valence-corrected chi connectivity index (χ1v) is 8.29. The Hall–Kier alpha value is -1.35. The molecule has 21 heavy (non-hydrogen) atoms. The molecule has 0 spiro atoms. The van der Waals surface area contributed by atoms with Gasteiger partial charge in [0.05, 0.1) is 0 Å². The average molecular weight is 288 g/mol. The fourth-order valence-corrected chi connectivity index (χ4v) is 2.86. The second-order valence-corrected chi connectivity index (χ2v) is 6.21. The molecule has 0 aromatic heterocycles. The number of carbonyl (C=O) groups is 1. The maximum atomic E-state index is 12.0. The molecule has 2 N–H and O–H groups in total. The number of anilines is 1. The number of nitrogens with one attached hydrogen (secondary N) is 2. The van der Waals surface area contributed by atoms with Crippen LogP contribution in [0.4, 0.5) is 5.69 Å². The van der Waals surface area contributed by atoms with Crippen molar-refractivity contribution in [3.8, 4) is 0 Å². The van der Waals surface area contributed by atoms with E-state index in [1.165, 1.54) is 18.4 Å². The summed E-state index contributed by atoms with van der Waals surface area (Å²) in [6.07, 6.45) is 5.20. The molecule has 1 amide bonds. The number of amides is 1.